The van der Waals surface area contributed by atoms with E-state index in [0.29, 0.717) is 26.1 Å². The van der Waals surface area contributed by atoms with E-state index in [9.17, 15) is 5.11 Å². The van der Waals surface area contributed by atoms with E-state index in [1.165, 1.54) is 6.42 Å². The molecule has 0 spiro atoms. The molecule has 9 atom stereocenters. The Labute approximate surface area is 264 Å². The van der Waals surface area contributed by atoms with Crippen molar-refractivity contribution < 1.29 is 28.8 Å². The van der Waals surface area contributed by atoms with Gasteiger partial charge in [-0.25, -0.2) is 0 Å². The van der Waals surface area contributed by atoms with Crippen molar-refractivity contribution in [2.24, 2.45) is 0 Å². The fourth-order valence-corrected chi connectivity index (χ4v) is 9.49. The fourth-order valence-electron chi connectivity index (χ4n) is 6.47. The van der Waals surface area contributed by atoms with Gasteiger partial charge in [-0.1, -0.05) is 72.8 Å². The summed E-state index contributed by atoms with van der Waals surface area (Å²) in [7, 11) is 0. The zero-order chi connectivity index (χ0) is 29.6. The Hall–Kier alpha value is -1.80. The third-order valence-electron chi connectivity index (χ3n) is 8.67. The molecule has 4 heterocycles. The summed E-state index contributed by atoms with van der Waals surface area (Å²) in [5.74, 6) is 4.95. The molecule has 0 unspecified atom stereocenters. The van der Waals surface area contributed by atoms with Gasteiger partial charge in [0.05, 0.1) is 47.8 Å². The first-order chi connectivity index (χ1) is 21.0. The van der Waals surface area contributed by atoms with Crippen molar-refractivity contribution in [3.8, 4) is 12.3 Å². The maximum Gasteiger partial charge on any atom is 0.115 e. The van der Waals surface area contributed by atoms with Crippen LogP contribution >= 0.6 is 23.5 Å². The van der Waals surface area contributed by atoms with Crippen LogP contribution in [0.3, 0.4) is 0 Å². The average Bonchev–Trinajstić information content (AvgIpc) is 3.17. The Bertz CT molecular complexity index is 1230. The molecular formula is C35H42O6S2. The van der Waals surface area contributed by atoms with Gasteiger partial charge >= 0.3 is 0 Å². The SMILES string of the molecule is C#CC[C@H]1O[C@H]2C[C@H]3O[C@@H](CC4(C)SCCCS4)[C@H](OCc4ccccc4)[C@@H](OCc4ccccc4)[C@@H]3O[C@@H]2C=C[C@@H]1O. The highest BCUT2D eigenvalue weighted by Crippen LogP contribution is 2.48. The number of aliphatic hydroxyl groups excluding tert-OH is 1. The molecule has 2 aromatic rings. The zero-order valence-electron chi connectivity index (χ0n) is 24.7. The van der Waals surface area contributed by atoms with E-state index < -0.39 is 12.2 Å². The van der Waals surface area contributed by atoms with Gasteiger partial charge in [0, 0.05) is 12.8 Å². The summed E-state index contributed by atoms with van der Waals surface area (Å²) in [4.78, 5) is 0. The van der Waals surface area contributed by atoms with E-state index in [-0.39, 0.29) is 46.8 Å². The van der Waals surface area contributed by atoms with Crippen molar-refractivity contribution in [1.82, 2.24) is 0 Å². The monoisotopic (exact) mass is 622 g/mol. The molecule has 6 nitrogen and oxygen atoms in total. The smallest absolute Gasteiger partial charge is 0.115 e. The van der Waals surface area contributed by atoms with Gasteiger partial charge in [-0.05, 0) is 42.4 Å². The van der Waals surface area contributed by atoms with Crippen LogP contribution in [0, 0.1) is 12.3 Å². The molecule has 0 amide bonds. The molecule has 4 aliphatic rings. The highest BCUT2D eigenvalue weighted by atomic mass is 32.2. The summed E-state index contributed by atoms with van der Waals surface area (Å²) in [6, 6.07) is 20.5. The Morgan fingerprint density at radius 2 is 1.49 bits per heavy atom. The number of thioether (sulfide) groups is 2. The topological polar surface area (TPSA) is 66.4 Å². The molecule has 0 aromatic heterocycles. The lowest BCUT2D eigenvalue weighted by Gasteiger charge is -2.52. The minimum absolute atomic E-state index is 0.0235. The summed E-state index contributed by atoms with van der Waals surface area (Å²) in [6.07, 6.45) is 8.89. The minimum Gasteiger partial charge on any atom is -0.386 e. The lowest BCUT2D eigenvalue weighted by Crippen LogP contribution is -2.65. The number of terminal acetylenes is 1. The molecule has 0 aliphatic carbocycles. The molecule has 1 N–H and O–H groups in total. The standard InChI is InChI=1S/C35H42O6S2/c1-3-11-27-26(36)16-17-28-29(39-27)20-30-33(41-28)34(38-23-25-14-8-5-9-15-25)32(37-22-24-12-6-4-7-13-24)31(40-30)21-35(2)42-18-10-19-43-35/h1,4-9,12-17,26-34,36H,10-11,18-23H2,2H3/t26-,27+,28+,29-,30+,31-,32-,33+,34+/m0/s1. The molecule has 3 fully saturated rings. The molecule has 8 heteroatoms. The van der Waals surface area contributed by atoms with E-state index in [0.717, 1.165) is 29.1 Å². The Balaban J connectivity index is 1.30. The van der Waals surface area contributed by atoms with Gasteiger partial charge in [0.2, 0.25) is 0 Å². The Morgan fingerprint density at radius 1 is 0.860 bits per heavy atom. The van der Waals surface area contributed by atoms with Crippen LogP contribution < -0.4 is 0 Å². The molecule has 3 saturated heterocycles. The van der Waals surface area contributed by atoms with Crippen LogP contribution in [0.2, 0.25) is 0 Å². The van der Waals surface area contributed by atoms with Crippen LogP contribution in [0.15, 0.2) is 72.8 Å². The molecule has 0 saturated carbocycles. The fraction of sp³-hybridized carbons (Fsp3) is 0.543. The third kappa shape index (κ3) is 7.71. The Kier molecular flexibility index (Phi) is 10.5. The van der Waals surface area contributed by atoms with Gasteiger partial charge in [0.1, 0.15) is 24.4 Å². The third-order valence-corrected chi connectivity index (χ3v) is 11.9. The summed E-state index contributed by atoms with van der Waals surface area (Å²) in [5, 5.41) is 10.7. The van der Waals surface area contributed by atoms with Crippen molar-refractivity contribution >= 4 is 23.5 Å². The van der Waals surface area contributed by atoms with Crippen LogP contribution in [-0.2, 0) is 36.9 Å². The van der Waals surface area contributed by atoms with Gasteiger partial charge in [-0.3, -0.25) is 0 Å². The largest absolute Gasteiger partial charge is 0.386 e. The molecular weight excluding hydrogens is 581 g/mol. The molecule has 43 heavy (non-hydrogen) atoms. The number of ether oxygens (including phenoxy) is 5. The van der Waals surface area contributed by atoms with Gasteiger partial charge < -0.3 is 28.8 Å². The minimum atomic E-state index is -0.784. The highest BCUT2D eigenvalue weighted by Gasteiger charge is 2.54. The summed E-state index contributed by atoms with van der Waals surface area (Å²) in [5.41, 5.74) is 2.21. The maximum absolute atomic E-state index is 10.7. The molecule has 0 bridgehead atoms. The number of rotatable bonds is 9. The average molecular weight is 623 g/mol. The van der Waals surface area contributed by atoms with Crippen LogP contribution in [0.25, 0.3) is 0 Å². The maximum atomic E-state index is 10.7. The summed E-state index contributed by atoms with van der Waals surface area (Å²) < 4.78 is 33.8. The lowest BCUT2D eigenvalue weighted by atomic mass is 9.86. The first-order valence-electron chi connectivity index (χ1n) is 15.4. The molecule has 2 aromatic carbocycles. The van der Waals surface area contributed by atoms with Gasteiger partial charge in [0.15, 0.2) is 0 Å². The van der Waals surface area contributed by atoms with Crippen LogP contribution in [-0.4, -0.2) is 75.6 Å². The van der Waals surface area contributed by atoms with Crippen LogP contribution in [0.4, 0.5) is 0 Å². The van der Waals surface area contributed by atoms with Crippen LogP contribution in [0.1, 0.15) is 43.7 Å². The second kappa shape index (κ2) is 14.5. The number of hydrogen-bond donors (Lipinski definition) is 1. The van der Waals surface area contributed by atoms with E-state index >= 15 is 0 Å². The van der Waals surface area contributed by atoms with Crippen LogP contribution in [0.5, 0.6) is 0 Å². The Morgan fingerprint density at radius 3 is 2.14 bits per heavy atom. The molecule has 4 aliphatic heterocycles. The number of aliphatic hydroxyl groups is 1. The number of benzene rings is 2. The number of hydrogen-bond acceptors (Lipinski definition) is 8. The molecule has 0 radical (unpaired) electrons. The number of fused-ring (bicyclic) bond motifs is 2. The van der Waals surface area contributed by atoms with Gasteiger partial charge in [-0.2, -0.15) is 0 Å². The zero-order valence-corrected chi connectivity index (χ0v) is 26.3. The van der Waals surface area contributed by atoms with Crippen molar-refractivity contribution in [3.63, 3.8) is 0 Å². The quantitative estimate of drug-likeness (QED) is 0.280. The summed E-state index contributed by atoms with van der Waals surface area (Å²) in [6.45, 7) is 3.24. The first-order valence-corrected chi connectivity index (χ1v) is 17.3. The lowest BCUT2D eigenvalue weighted by molar-refractivity contribution is -0.300. The van der Waals surface area contributed by atoms with E-state index in [4.69, 9.17) is 30.1 Å². The van der Waals surface area contributed by atoms with E-state index in [1.54, 1.807) is 6.08 Å². The second-order valence-electron chi connectivity index (χ2n) is 11.9. The van der Waals surface area contributed by atoms with Crippen molar-refractivity contribution in [3.05, 3.63) is 83.9 Å². The van der Waals surface area contributed by atoms with Crippen molar-refractivity contribution in [2.75, 3.05) is 11.5 Å². The summed E-state index contributed by atoms with van der Waals surface area (Å²) >= 11 is 4.04. The highest BCUT2D eigenvalue weighted by molar-refractivity contribution is 8.18. The predicted molar refractivity (Wildman–Crippen MR) is 172 cm³/mol. The predicted octanol–water partition coefficient (Wildman–Crippen LogP) is 5.77. The van der Waals surface area contributed by atoms with E-state index in [1.807, 2.05) is 66.0 Å². The molecule has 6 rings (SSSR count). The van der Waals surface area contributed by atoms with Crippen molar-refractivity contribution in [2.45, 2.75) is 105 Å². The van der Waals surface area contributed by atoms with Gasteiger partial charge in [-0.15, -0.1) is 35.9 Å². The van der Waals surface area contributed by atoms with Gasteiger partial charge in [0.25, 0.3) is 0 Å². The van der Waals surface area contributed by atoms with Crippen molar-refractivity contribution in [1.29, 1.82) is 0 Å². The second-order valence-corrected chi connectivity index (χ2v) is 15.4. The molecule has 230 valence electrons. The normalized spacial score (nSPS) is 35.2. The van der Waals surface area contributed by atoms with E-state index in [2.05, 4.69) is 37.1 Å². The first kappa shape index (κ1) is 31.2.